The first-order chi connectivity index (χ1) is 14.0. The molecule has 3 atom stereocenters. The maximum absolute atomic E-state index is 12.9. The molecule has 3 heterocycles. The van der Waals surface area contributed by atoms with Gasteiger partial charge in [0.1, 0.15) is 17.9 Å². The van der Waals surface area contributed by atoms with Crippen LogP contribution in [0.2, 0.25) is 0 Å². The SMILES string of the molecule is CCn1cnnc1CN1C[C@@H]2CN(C(=O)N(C)C)[C@@H](c3ccc(OC)cc3)[C@@H]2C1. The standard InChI is InChI=1S/C21H30N6O2/c1-5-26-14-22-23-19(26)13-25-10-16-11-27(21(28)24(2)3)20(18(16)12-25)15-6-8-17(29-4)9-7-15/h6-9,14,16,18,20H,5,10-13H2,1-4H3/t16-,18-,20+/m1/s1. The van der Waals surface area contributed by atoms with Crippen LogP contribution >= 0.6 is 0 Å². The molecule has 156 valence electrons. The molecule has 2 fully saturated rings. The Kier molecular flexibility index (Phi) is 5.45. The Morgan fingerprint density at radius 1 is 1.21 bits per heavy atom. The summed E-state index contributed by atoms with van der Waals surface area (Å²) in [4.78, 5) is 19.1. The van der Waals surface area contributed by atoms with Gasteiger partial charge in [0, 0.05) is 46.2 Å². The largest absolute Gasteiger partial charge is 0.497 e. The molecule has 2 aliphatic heterocycles. The third kappa shape index (κ3) is 3.69. The van der Waals surface area contributed by atoms with Gasteiger partial charge in [-0.15, -0.1) is 10.2 Å². The molecule has 2 saturated heterocycles. The molecule has 2 aliphatic rings. The lowest BCUT2D eigenvalue weighted by Gasteiger charge is -2.32. The molecule has 1 aromatic heterocycles. The van der Waals surface area contributed by atoms with E-state index in [4.69, 9.17) is 4.74 Å². The highest BCUT2D eigenvalue weighted by Gasteiger charge is 2.49. The van der Waals surface area contributed by atoms with Crippen LogP contribution < -0.4 is 4.74 Å². The summed E-state index contributed by atoms with van der Waals surface area (Å²) >= 11 is 0. The number of urea groups is 1. The minimum atomic E-state index is 0.0786. The fourth-order valence-corrected chi connectivity index (χ4v) is 4.81. The number of carbonyl (C=O) groups is 1. The van der Waals surface area contributed by atoms with Crippen LogP contribution in [-0.2, 0) is 13.1 Å². The summed E-state index contributed by atoms with van der Waals surface area (Å²) in [7, 11) is 5.32. The van der Waals surface area contributed by atoms with Crippen molar-refractivity contribution < 1.29 is 9.53 Å². The predicted octanol–water partition coefficient (Wildman–Crippen LogP) is 2.09. The summed E-state index contributed by atoms with van der Waals surface area (Å²) in [5.74, 6) is 2.71. The smallest absolute Gasteiger partial charge is 0.320 e. The molecule has 0 N–H and O–H groups in total. The van der Waals surface area contributed by atoms with Crippen LogP contribution in [0.3, 0.4) is 0 Å². The summed E-state index contributed by atoms with van der Waals surface area (Å²) in [6.07, 6.45) is 1.80. The molecule has 8 nitrogen and oxygen atoms in total. The van der Waals surface area contributed by atoms with Crippen LogP contribution in [-0.4, -0.2) is 76.3 Å². The number of rotatable bonds is 5. The minimum Gasteiger partial charge on any atom is -0.497 e. The first-order valence-electron chi connectivity index (χ1n) is 10.2. The third-order valence-electron chi connectivity index (χ3n) is 6.23. The highest BCUT2D eigenvalue weighted by Crippen LogP contribution is 2.45. The zero-order valence-corrected chi connectivity index (χ0v) is 17.7. The molecule has 0 aliphatic carbocycles. The number of aromatic nitrogens is 3. The quantitative estimate of drug-likeness (QED) is 0.772. The number of hydrogen-bond donors (Lipinski definition) is 0. The van der Waals surface area contributed by atoms with Gasteiger partial charge < -0.3 is 19.1 Å². The van der Waals surface area contributed by atoms with Crippen LogP contribution in [0, 0.1) is 11.8 Å². The highest BCUT2D eigenvalue weighted by molar-refractivity contribution is 5.75. The van der Waals surface area contributed by atoms with Crippen LogP contribution in [0.1, 0.15) is 24.4 Å². The Balaban J connectivity index is 1.56. The van der Waals surface area contributed by atoms with Crippen molar-refractivity contribution in [2.45, 2.75) is 26.1 Å². The lowest BCUT2D eigenvalue weighted by atomic mass is 9.89. The average molecular weight is 399 g/mol. The Bertz CT molecular complexity index is 849. The van der Waals surface area contributed by atoms with Gasteiger partial charge in [-0.25, -0.2) is 4.79 Å². The number of nitrogens with zero attached hydrogens (tertiary/aromatic N) is 6. The molecular weight excluding hydrogens is 368 g/mol. The van der Waals surface area contributed by atoms with E-state index in [1.807, 2.05) is 31.1 Å². The van der Waals surface area contributed by atoms with E-state index < -0.39 is 0 Å². The van der Waals surface area contributed by atoms with E-state index >= 15 is 0 Å². The van der Waals surface area contributed by atoms with E-state index in [9.17, 15) is 4.79 Å². The predicted molar refractivity (Wildman–Crippen MR) is 109 cm³/mol. The number of fused-ring (bicyclic) bond motifs is 1. The number of carbonyl (C=O) groups excluding carboxylic acids is 1. The summed E-state index contributed by atoms with van der Waals surface area (Å²) in [6, 6.07) is 8.32. The van der Waals surface area contributed by atoms with Crippen LogP contribution in [0.15, 0.2) is 30.6 Å². The number of ether oxygens (including phenoxy) is 1. The number of methoxy groups -OCH3 is 1. The second-order valence-electron chi connectivity index (χ2n) is 8.20. The van der Waals surface area contributed by atoms with Gasteiger partial charge in [0.2, 0.25) is 0 Å². The zero-order chi connectivity index (χ0) is 20.5. The monoisotopic (exact) mass is 398 g/mol. The molecule has 4 rings (SSSR count). The van der Waals surface area contributed by atoms with Crippen molar-refractivity contribution in [3.8, 4) is 5.75 Å². The number of hydrogen-bond acceptors (Lipinski definition) is 5. The number of benzene rings is 1. The zero-order valence-electron chi connectivity index (χ0n) is 17.7. The maximum atomic E-state index is 12.9. The van der Waals surface area contributed by atoms with E-state index in [0.29, 0.717) is 11.8 Å². The molecule has 0 bridgehead atoms. The van der Waals surface area contributed by atoms with Gasteiger partial charge in [-0.3, -0.25) is 4.90 Å². The fourth-order valence-electron chi connectivity index (χ4n) is 4.81. The molecule has 2 aromatic rings. The van der Waals surface area contributed by atoms with Crippen molar-refractivity contribution in [1.29, 1.82) is 0 Å². The van der Waals surface area contributed by atoms with Gasteiger partial charge in [0.25, 0.3) is 0 Å². The second kappa shape index (κ2) is 8.02. The average Bonchev–Trinajstić information content (AvgIpc) is 3.41. The van der Waals surface area contributed by atoms with Crippen molar-refractivity contribution in [1.82, 2.24) is 29.5 Å². The Hall–Kier alpha value is -2.61. The van der Waals surface area contributed by atoms with Crippen molar-refractivity contribution in [2.75, 3.05) is 40.8 Å². The van der Waals surface area contributed by atoms with E-state index in [2.05, 4.69) is 38.7 Å². The first kappa shape index (κ1) is 19.7. The van der Waals surface area contributed by atoms with Gasteiger partial charge in [-0.05, 0) is 30.5 Å². The van der Waals surface area contributed by atoms with Gasteiger partial charge in [0.15, 0.2) is 0 Å². The molecule has 29 heavy (non-hydrogen) atoms. The number of aryl methyl sites for hydroxylation is 1. The van der Waals surface area contributed by atoms with Crippen molar-refractivity contribution in [3.63, 3.8) is 0 Å². The molecule has 0 spiro atoms. The minimum absolute atomic E-state index is 0.0786. The van der Waals surface area contributed by atoms with Crippen LogP contribution in [0.4, 0.5) is 4.79 Å². The van der Waals surface area contributed by atoms with Crippen molar-refractivity contribution >= 4 is 6.03 Å². The van der Waals surface area contributed by atoms with Crippen molar-refractivity contribution in [3.05, 3.63) is 42.0 Å². The molecule has 1 aromatic carbocycles. The van der Waals surface area contributed by atoms with Crippen LogP contribution in [0.25, 0.3) is 0 Å². The van der Waals surface area contributed by atoms with Gasteiger partial charge >= 0.3 is 6.03 Å². The molecular formula is C21H30N6O2. The summed E-state index contributed by atoms with van der Waals surface area (Å²) < 4.78 is 7.41. The molecule has 2 amide bonds. The summed E-state index contributed by atoms with van der Waals surface area (Å²) in [5, 5.41) is 8.35. The number of likely N-dealkylation sites (tertiary alicyclic amines) is 2. The Labute approximate surface area is 172 Å². The van der Waals surface area contributed by atoms with E-state index in [1.54, 1.807) is 18.3 Å². The first-order valence-corrected chi connectivity index (χ1v) is 10.2. The van der Waals surface area contributed by atoms with Crippen LogP contribution in [0.5, 0.6) is 5.75 Å². The number of amides is 2. The summed E-state index contributed by atoms with van der Waals surface area (Å²) in [5.41, 5.74) is 1.17. The van der Waals surface area contributed by atoms with Gasteiger partial charge in [-0.2, -0.15) is 0 Å². The van der Waals surface area contributed by atoms with Crippen molar-refractivity contribution in [2.24, 2.45) is 11.8 Å². The van der Waals surface area contributed by atoms with E-state index in [1.165, 1.54) is 5.56 Å². The lowest BCUT2D eigenvalue weighted by Crippen LogP contribution is -2.41. The second-order valence-corrected chi connectivity index (χ2v) is 8.20. The topological polar surface area (TPSA) is 66.7 Å². The molecule has 0 radical (unpaired) electrons. The molecule has 8 heteroatoms. The lowest BCUT2D eigenvalue weighted by molar-refractivity contribution is 0.151. The van der Waals surface area contributed by atoms with E-state index in [-0.39, 0.29) is 12.1 Å². The Morgan fingerprint density at radius 2 is 1.97 bits per heavy atom. The normalized spacial score (nSPS) is 24.0. The van der Waals surface area contributed by atoms with Gasteiger partial charge in [-0.1, -0.05) is 12.1 Å². The third-order valence-corrected chi connectivity index (χ3v) is 6.23. The summed E-state index contributed by atoms with van der Waals surface area (Å²) in [6.45, 7) is 6.51. The van der Waals surface area contributed by atoms with E-state index in [0.717, 1.165) is 44.3 Å². The molecule has 0 unspecified atom stereocenters. The maximum Gasteiger partial charge on any atom is 0.320 e. The fraction of sp³-hybridized carbons (Fsp3) is 0.571. The Morgan fingerprint density at radius 3 is 2.62 bits per heavy atom. The molecule has 0 saturated carbocycles. The highest BCUT2D eigenvalue weighted by atomic mass is 16.5. The van der Waals surface area contributed by atoms with Gasteiger partial charge in [0.05, 0.1) is 19.7 Å².